The predicted octanol–water partition coefficient (Wildman–Crippen LogP) is 2.73. The fraction of sp³-hybridized carbons (Fsp3) is 0.545. The van der Waals surface area contributed by atoms with Gasteiger partial charge in [-0.3, -0.25) is 0 Å². The second kappa shape index (κ2) is 6.24. The summed E-state index contributed by atoms with van der Waals surface area (Å²) in [6.45, 7) is 6.20. The molecule has 0 bridgehead atoms. The number of nitrogens with zero attached hydrogens (tertiary/aromatic N) is 1. The van der Waals surface area contributed by atoms with Gasteiger partial charge in [-0.25, -0.2) is 4.98 Å². The normalized spacial score (nSPS) is 9.86. The Hall–Kier alpha value is -1.25. The van der Waals surface area contributed by atoms with Crippen molar-refractivity contribution in [2.45, 2.75) is 26.7 Å². The molecular weight excluding hydrogens is 174 g/mol. The molecule has 1 heterocycles. The van der Waals surface area contributed by atoms with Crippen molar-refractivity contribution >= 4 is 11.5 Å². The standard InChI is InChI=1S/C11H19N3/c1-3-5-8-13-11-7-6-10(9-14-11)12-4-2/h6-7,9,12H,3-5,8H2,1-2H3,(H,13,14). The molecule has 0 amide bonds. The van der Waals surface area contributed by atoms with Gasteiger partial charge in [0, 0.05) is 13.1 Å². The van der Waals surface area contributed by atoms with Gasteiger partial charge in [0.05, 0.1) is 11.9 Å². The van der Waals surface area contributed by atoms with E-state index in [1.54, 1.807) is 0 Å². The van der Waals surface area contributed by atoms with Gasteiger partial charge in [0.15, 0.2) is 0 Å². The first-order chi connectivity index (χ1) is 6.86. The Balaban J connectivity index is 2.38. The maximum absolute atomic E-state index is 4.30. The summed E-state index contributed by atoms with van der Waals surface area (Å²) in [5.41, 5.74) is 1.08. The van der Waals surface area contributed by atoms with E-state index in [1.807, 2.05) is 18.3 Å². The smallest absolute Gasteiger partial charge is 0.126 e. The minimum atomic E-state index is 0.935. The molecule has 0 radical (unpaired) electrons. The van der Waals surface area contributed by atoms with Gasteiger partial charge in [0.2, 0.25) is 0 Å². The minimum absolute atomic E-state index is 0.935. The number of aromatic nitrogens is 1. The highest BCUT2D eigenvalue weighted by atomic mass is 15.0. The molecule has 0 aliphatic rings. The van der Waals surface area contributed by atoms with Crippen LogP contribution >= 0.6 is 0 Å². The van der Waals surface area contributed by atoms with Gasteiger partial charge in [-0.2, -0.15) is 0 Å². The van der Waals surface area contributed by atoms with E-state index in [0.29, 0.717) is 0 Å². The zero-order valence-electron chi connectivity index (χ0n) is 9.01. The summed E-state index contributed by atoms with van der Waals surface area (Å²) >= 11 is 0. The molecule has 0 fully saturated rings. The van der Waals surface area contributed by atoms with Gasteiger partial charge < -0.3 is 10.6 Å². The predicted molar refractivity (Wildman–Crippen MR) is 61.8 cm³/mol. The molecule has 3 heteroatoms. The van der Waals surface area contributed by atoms with Crippen LogP contribution < -0.4 is 10.6 Å². The van der Waals surface area contributed by atoms with Crippen molar-refractivity contribution in [3.05, 3.63) is 18.3 Å². The van der Waals surface area contributed by atoms with E-state index in [-0.39, 0.29) is 0 Å². The van der Waals surface area contributed by atoms with E-state index in [2.05, 4.69) is 29.5 Å². The summed E-state index contributed by atoms with van der Waals surface area (Å²) in [6.07, 6.45) is 4.26. The molecule has 0 atom stereocenters. The summed E-state index contributed by atoms with van der Waals surface area (Å²) < 4.78 is 0. The molecule has 0 saturated heterocycles. The largest absolute Gasteiger partial charge is 0.384 e. The summed E-state index contributed by atoms with van der Waals surface area (Å²) in [5.74, 6) is 0.958. The van der Waals surface area contributed by atoms with Crippen molar-refractivity contribution in [1.82, 2.24) is 4.98 Å². The first kappa shape index (κ1) is 10.8. The molecule has 0 unspecified atom stereocenters. The molecule has 1 rings (SSSR count). The molecule has 1 aromatic rings. The van der Waals surface area contributed by atoms with Crippen molar-refractivity contribution in [2.75, 3.05) is 23.7 Å². The van der Waals surface area contributed by atoms with Gasteiger partial charge in [-0.05, 0) is 25.5 Å². The molecular formula is C11H19N3. The Labute approximate surface area is 85.9 Å². The average molecular weight is 193 g/mol. The number of rotatable bonds is 6. The van der Waals surface area contributed by atoms with Crippen molar-refractivity contribution in [1.29, 1.82) is 0 Å². The highest BCUT2D eigenvalue weighted by Crippen LogP contribution is 2.09. The average Bonchev–Trinajstić information content (AvgIpc) is 2.21. The van der Waals surface area contributed by atoms with E-state index < -0.39 is 0 Å². The minimum Gasteiger partial charge on any atom is -0.384 e. The Bertz CT molecular complexity index is 243. The molecule has 0 aliphatic carbocycles. The van der Waals surface area contributed by atoms with Crippen LogP contribution in [0, 0.1) is 0 Å². The quantitative estimate of drug-likeness (QED) is 0.682. The topological polar surface area (TPSA) is 37.0 Å². The van der Waals surface area contributed by atoms with Gasteiger partial charge in [-0.1, -0.05) is 13.3 Å². The second-order valence-corrected chi connectivity index (χ2v) is 3.24. The lowest BCUT2D eigenvalue weighted by atomic mass is 10.3. The summed E-state index contributed by atoms with van der Waals surface area (Å²) in [5, 5.41) is 6.49. The molecule has 0 aromatic carbocycles. The van der Waals surface area contributed by atoms with Crippen molar-refractivity contribution in [3.63, 3.8) is 0 Å². The van der Waals surface area contributed by atoms with Gasteiger partial charge in [0.25, 0.3) is 0 Å². The van der Waals surface area contributed by atoms with Crippen LogP contribution in [0.5, 0.6) is 0 Å². The van der Waals surface area contributed by atoms with Crippen LogP contribution in [-0.2, 0) is 0 Å². The fourth-order valence-electron chi connectivity index (χ4n) is 1.20. The number of anilines is 2. The SMILES string of the molecule is CCCCNc1ccc(NCC)cn1. The van der Waals surface area contributed by atoms with Crippen LogP contribution in [0.25, 0.3) is 0 Å². The molecule has 0 spiro atoms. The van der Waals surface area contributed by atoms with E-state index in [1.165, 1.54) is 12.8 Å². The Kier molecular flexibility index (Phi) is 4.83. The monoisotopic (exact) mass is 193 g/mol. The van der Waals surface area contributed by atoms with Gasteiger partial charge in [-0.15, -0.1) is 0 Å². The van der Waals surface area contributed by atoms with Crippen molar-refractivity contribution in [2.24, 2.45) is 0 Å². The lowest BCUT2D eigenvalue weighted by molar-refractivity contribution is 0.831. The lowest BCUT2D eigenvalue weighted by Gasteiger charge is -2.06. The maximum atomic E-state index is 4.30. The molecule has 0 aliphatic heterocycles. The van der Waals surface area contributed by atoms with Crippen molar-refractivity contribution < 1.29 is 0 Å². The summed E-state index contributed by atoms with van der Waals surface area (Å²) in [4.78, 5) is 4.30. The van der Waals surface area contributed by atoms with E-state index in [4.69, 9.17) is 0 Å². The fourth-order valence-corrected chi connectivity index (χ4v) is 1.20. The third-order valence-electron chi connectivity index (χ3n) is 1.98. The number of hydrogen-bond acceptors (Lipinski definition) is 3. The van der Waals surface area contributed by atoms with Crippen molar-refractivity contribution in [3.8, 4) is 0 Å². The van der Waals surface area contributed by atoms with Crippen LogP contribution in [0.3, 0.4) is 0 Å². The number of hydrogen-bond donors (Lipinski definition) is 2. The van der Waals surface area contributed by atoms with Crippen LogP contribution in [0.4, 0.5) is 11.5 Å². The Morgan fingerprint density at radius 1 is 1.21 bits per heavy atom. The number of nitrogens with one attached hydrogen (secondary N) is 2. The molecule has 2 N–H and O–H groups in total. The number of pyridine rings is 1. The molecule has 78 valence electrons. The summed E-state index contributed by atoms with van der Waals surface area (Å²) in [7, 11) is 0. The third-order valence-corrected chi connectivity index (χ3v) is 1.98. The first-order valence-electron chi connectivity index (χ1n) is 5.30. The molecule has 14 heavy (non-hydrogen) atoms. The van der Waals surface area contributed by atoms with Crippen LogP contribution in [0.15, 0.2) is 18.3 Å². The van der Waals surface area contributed by atoms with Crippen LogP contribution in [0.2, 0.25) is 0 Å². The second-order valence-electron chi connectivity index (χ2n) is 3.24. The van der Waals surface area contributed by atoms with Crippen LogP contribution in [-0.4, -0.2) is 18.1 Å². The molecule has 3 nitrogen and oxygen atoms in total. The van der Waals surface area contributed by atoms with Gasteiger partial charge in [0.1, 0.15) is 5.82 Å². The summed E-state index contributed by atoms with van der Waals surface area (Å²) in [6, 6.07) is 4.05. The lowest BCUT2D eigenvalue weighted by Crippen LogP contribution is -2.03. The zero-order valence-corrected chi connectivity index (χ0v) is 9.01. The van der Waals surface area contributed by atoms with E-state index in [9.17, 15) is 0 Å². The Morgan fingerprint density at radius 2 is 2.07 bits per heavy atom. The maximum Gasteiger partial charge on any atom is 0.126 e. The molecule has 0 saturated carbocycles. The number of unbranched alkanes of at least 4 members (excludes halogenated alkanes) is 1. The van der Waals surface area contributed by atoms with Crippen LogP contribution in [0.1, 0.15) is 26.7 Å². The Morgan fingerprint density at radius 3 is 2.64 bits per heavy atom. The first-order valence-corrected chi connectivity index (χ1v) is 5.30. The third kappa shape index (κ3) is 3.64. The van der Waals surface area contributed by atoms with E-state index >= 15 is 0 Å². The zero-order chi connectivity index (χ0) is 10.2. The van der Waals surface area contributed by atoms with Gasteiger partial charge >= 0.3 is 0 Å². The van der Waals surface area contributed by atoms with E-state index in [0.717, 1.165) is 24.6 Å². The highest BCUT2D eigenvalue weighted by molar-refractivity contribution is 5.46. The molecule has 1 aromatic heterocycles. The highest BCUT2D eigenvalue weighted by Gasteiger charge is 1.93.